The predicted octanol–water partition coefficient (Wildman–Crippen LogP) is 1.53. The maximum Gasteiger partial charge on any atom is 0.325 e. The van der Waals surface area contributed by atoms with E-state index in [1.807, 2.05) is 0 Å². The first-order valence-electron chi connectivity index (χ1n) is 5.94. The SMILES string of the molecule is CCOC(=O)CNC(=O)NCC(C)C(C)(C)C. The normalized spacial score (nSPS) is 12.8. The van der Waals surface area contributed by atoms with Crippen LogP contribution in [0, 0.1) is 11.3 Å². The second-order valence-corrected chi connectivity index (χ2v) is 5.14. The molecular weight excluding hydrogens is 220 g/mol. The van der Waals surface area contributed by atoms with E-state index in [-0.39, 0.29) is 18.0 Å². The van der Waals surface area contributed by atoms with Crippen LogP contribution in [0.15, 0.2) is 0 Å². The van der Waals surface area contributed by atoms with Crippen molar-refractivity contribution in [3.63, 3.8) is 0 Å². The molecule has 0 rings (SSSR count). The molecule has 0 saturated heterocycles. The summed E-state index contributed by atoms with van der Waals surface area (Å²) in [4.78, 5) is 22.3. The highest BCUT2D eigenvalue weighted by molar-refractivity contribution is 5.80. The molecule has 5 heteroatoms. The first-order chi connectivity index (χ1) is 7.77. The Labute approximate surface area is 103 Å². The fraction of sp³-hybridized carbons (Fsp3) is 0.833. The molecule has 0 aliphatic heterocycles. The Kier molecular flexibility index (Phi) is 6.61. The van der Waals surface area contributed by atoms with E-state index in [2.05, 4.69) is 38.3 Å². The lowest BCUT2D eigenvalue weighted by Crippen LogP contribution is -2.42. The second-order valence-electron chi connectivity index (χ2n) is 5.14. The third-order valence-electron chi connectivity index (χ3n) is 2.75. The maximum absolute atomic E-state index is 11.4. The van der Waals surface area contributed by atoms with E-state index in [0.717, 1.165) is 0 Å². The van der Waals surface area contributed by atoms with Gasteiger partial charge < -0.3 is 15.4 Å². The summed E-state index contributed by atoms with van der Waals surface area (Å²) < 4.78 is 4.69. The summed E-state index contributed by atoms with van der Waals surface area (Å²) in [6, 6.07) is -0.339. The number of rotatable bonds is 5. The summed E-state index contributed by atoms with van der Waals surface area (Å²) in [6.07, 6.45) is 0. The molecule has 0 aromatic heterocycles. The summed E-state index contributed by atoms with van der Waals surface area (Å²) in [5.41, 5.74) is 0.147. The predicted molar refractivity (Wildman–Crippen MR) is 66.7 cm³/mol. The number of nitrogens with one attached hydrogen (secondary N) is 2. The van der Waals surface area contributed by atoms with E-state index in [1.54, 1.807) is 6.92 Å². The zero-order valence-electron chi connectivity index (χ0n) is 11.4. The highest BCUT2D eigenvalue weighted by Crippen LogP contribution is 2.24. The van der Waals surface area contributed by atoms with Crippen LogP contribution in [-0.2, 0) is 9.53 Å². The lowest BCUT2D eigenvalue weighted by atomic mass is 9.82. The molecular formula is C12H24N2O3. The van der Waals surface area contributed by atoms with Crippen molar-refractivity contribution in [3.8, 4) is 0 Å². The lowest BCUT2D eigenvalue weighted by Gasteiger charge is -2.27. The van der Waals surface area contributed by atoms with Crippen LogP contribution in [0.25, 0.3) is 0 Å². The molecule has 1 atom stereocenters. The van der Waals surface area contributed by atoms with Gasteiger partial charge in [-0.3, -0.25) is 4.79 Å². The minimum Gasteiger partial charge on any atom is -0.465 e. The van der Waals surface area contributed by atoms with Crippen molar-refractivity contribution in [2.24, 2.45) is 11.3 Å². The zero-order valence-corrected chi connectivity index (χ0v) is 11.4. The molecule has 0 aromatic rings. The molecule has 1 unspecified atom stereocenters. The molecule has 17 heavy (non-hydrogen) atoms. The van der Waals surface area contributed by atoms with Crippen molar-refractivity contribution >= 4 is 12.0 Å². The minimum absolute atomic E-state index is 0.0937. The molecule has 0 radical (unpaired) electrons. The van der Waals surface area contributed by atoms with Crippen LogP contribution >= 0.6 is 0 Å². The lowest BCUT2D eigenvalue weighted by molar-refractivity contribution is -0.141. The number of esters is 1. The number of hydrogen-bond acceptors (Lipinski definition) is 3. The third-order valence-corrected chi connectivity index (χ3v) is 2.75. The van der Waals surface area contributed by atoms with E-state index < -0.39 is 5.97 Å². The number of carbonyl (C=O) groups excluding carboxylic acids is 2. The van der Waals surface area contributed by atoms with E-state index in [4.69, 9.17) is 4.74 Å². The van der Waals surface area contributed by atoms with E-state index in [1.165, 1.54) is 0 Å². The number of hydrogen-bond donors (Lipinski definition) is 2. The van der Waals surface area contributed by atoms with Gasteiger partial charge in [-0.05, 0) is 18.3 Å². The van der Waals surface area contributed by atoms with E-state index >= 15 is 0 Å². The average Bonchev–Trinajstić information content (AvgIpc) is 2.22. The van der Waals surface area contributed by atoms with Gasteiger partial charge in [0.25, 0.3) is 0 Å². The molecule has 0 fully saturated rings. The number of amides is 2. The standard InChI is InChI=1S/C12H24N2O3/c1-6-17-10(15)8-14-11(16)13-7-9(2)12(3,4)5/h9H,6-8H2,1-5H3,(H2,13,14,16). The monoisotopic (exact) mass is 244 g/mol. The van der Waals surface area contributed by atoms with Crippen LogP contribution in [-0.4, -0.2) is 31.7 Å². The molecule has 0 bridgehead atoms. The van der Waals surface area contributed by atoms with Gasteiger partial charge in [-0.15, -0.1) is 0 Å². The molecule has 100 valence electrons. The molecule has 2 N–H and O–H groups in total. The molecule has 0 aromatic carbocycles. The zero-order chi connectivity index (χ0) is 13.5. The molecule has 0 spiro atoms. The summed E-state index contributed by atoms with van der Waals surface area (Å²) in [6.45, 7) is 11.0. The van der Waals surface area contributed by atoms with Crippen LogP contribution < -0.4 is 10.6 Å². The number of ether oxygens (including phenoxy) is 1. The highest BCUT2D eigenvalue weighted by atomic mass is 16.5. The molecule has 2 amide bonds. The largest absolute Gasteiger partial charge is 0.465 e. The first-order valence-corrected chi connectivity index (χ1v) is 5.94. The average molecular weight is 244 g/mol. The van der Waals surface area contributed by atoms with Crippen LogP contribution in [0.1, 0.15) is 34.6 Å². The quantitative estimate of drug-likeness (QED) is 0.721. The topological polar surface area (TPSA) is 67.4 Å². The van der Waals surface area contributed by atoms with Crippen LogP contribution in [0.3, 0.4) is 0 Å². The Bertz CT molecular complexity index is 259. The smallest absolute Gasteiger partial charge is 0.325 e. The van der Waals surface area contributed by atoms with Gasteiger partial charge in [0.1, 0.15) is 6.54 Å². The van der Waals surface area contributed by atoms with Gasteiger partial charge in [0.2, 0.25) is 0 Å². The van der Waals surface area contributed by atoms with Gasteiger partial charge in [-0.25, -0.2) is 4.79 Å². The van der Waals surface area contributed by atoms with Crippen LogP contribution in [0.4, 0.5) is 4.79 Å². The van der Waals surface area contributed by atoms with Crippen molar-refractivity contribution < 1.29 is 14.3 Å². The molecule has 5 nitrogen and oxygen atoms in total. The van der Waals surface area contributed by atoms with Crippen molar-refractivity contribution in [1.29, 1.82) is 0 Å². The van der Waals surface area contributed by atoms with Gasteiger partial charge in [0.05, 0.1) is 6.61 Å². The maximum atomic E-state index is 11.4. The first kappa shape index (κ1) is 15.7. The van der Waals surface area contributed by atoms with Crippen molar-refractivity contribution in [2.45, 2.75) is 34.6 Å². The van der Waals surface area contributed by atoms with Crippen molar-refractivity contribution in [3.05, 3.63) is 0 Å². The minimum atomic E-state index is -0.425. The molecule has 0 saturated carbocycles. The van der Waals surface area contributed by atoms with Gasteiger partial charge in [0.15, 0.2) is 0 Å². The Hall–Kier alpha value is -1.26. The van der Waals surface area contributed by atoms with E-state index in [9.17, 15) is 9.59 Å². The second kappa shape index (κ2) is 7.14. The Morgan fingerprint density at radius 3 is 2.29 bits per heavy atom. The van der Waals surface area contributed by atoms with Crippen molar-refractivity contribution in [1.82, 2.24) is 10.6 Å². The summed E-state index contributed by atoms with van der Waals surface area (Å²) >= 11 is 0. The van der Waals surface area contributed by atoms with E-state index in [0.29, 0.717) is 19.1 Å². The molecule has 0 heterocycles. The fourth-order valence-corrected chi connectivity index (χ4v) is 0.979. The Balaban J connectivity index is 3.77. The number of carbonyl (C=O) groups is 2. The fourth-order valence-electron chi connectivity index (χ4n) is 0.979. The molecule has 0 aliphatic rings. The van der Waals surface area contributed by atoms with Crippen molar-refractivity contribution in [2.75, 3.05) is 19.7 Å². The Morgan fingerprint density at radius 2 is 1.82 bits per heavy atom. The highest BCUT2D eigenvalue weighted by Gasteiger charge is 2.20. The number of urea groups is 1. The summed E-state index contributed by atoms with van der Waals surface area (Å²) in [7, 11) is 0. The van der Waals surface area contributed by atoms with Crippen LogP contribution in [0.5, 0.6) is 0 Å². The van der Waals surface area contributed by atoms with Crippen LogP contribution in [0.2, 0.25) is 0 Å². The summed E-state index contributed by atoms with van der Waals surface area (Å²) in [5, 5.41) is 5.18. The van der Waals surface area contributed by atoms with Gasteiger partial charge in [0, 0.05) is 6.54 Å². The summed E-state index contributed by atoms with van der Waals surface area (Å²) in [5.74, 6) is -0.0673. The third kappa shape index (κ3) is 7.60. The molecule has 0 aliphatic carbocycles. The Morgan fingerprint density at radius 1 is 1.24 bits per heavy atom. The van der Waals surface area contributed by atoms with Gasteiger partial charge in [-0.1, -0.05) is 27.7 Å². The van der Waals surface area contributed by atoms with Gasteiger partial charge >= 0.3 is 12.0 Å². The van der Waals surface area contributed by atoms with Gasteiger partial charge in [-0.2, -0.15) is 0 Å².